The fourth-order valence-electron chi connectivity index (χ4n) is 1.91. The van der Waals surface area contributed by atoms with Gasteiger partial charge in [0.15, 0.2) is 0 Å². The molecule has 0 aromatic carbocycles. The molecule has 0 bridgehead atoms. The summed E-state index contributed by atoms with van der Waals surface area (Å²) in [4.78, 5) is 10.3. The highest BCUT2D eigenvalue weighted by Crippen LogP contribution is 2.46. The van der Waals surface area contributed by atoms with E-state index in [1.54, 1.807) is 17.5 Å². The van der Waals surface area contributed by atoms with Crippen LogP contribution in [0.1, 0.15) is 41.5 Å². The standard InChI is InChI=1S/C13H14N2S2/c1-8(16)12-11(9-4-5-9)15-13(17-12)10-3-2-6-14-7-10/h2-3,6-9,16H,4-5H2,1H3. The number of nitrogens with zero attached hydrogens (tertiary/aromatic N) is 2. The second kappa shape index (κ2) is 4.42. The minimum Gasteiger partial charge on any atom is -0.264 e. The molecule has 0 spiro atoms. The first-order valence-corrected chi connectivity index (χ1v) is 7.18. The molecule has 1 aliphatic carbocycles. The molecule has 17 heavy (non-hydrogen) atoms. The molecule has 4 heteroatoms. The first-order chi connectivity index (χ1) is 8.25. The van der Waals surface area contributed by atoms with E-state index in [9.17, 15) is 0 Å². The maximum Gasteiger partial charge on any atom is 0.125 e. The lowest BCUT2D eigenvalue weighted by molar-refractivity contribution is 0.990. The lowest BCUT2D eigenvalue weighted by Gasteiger charge is -2.01. The van der Waals surface area contributed by atoms with Gasteiger partial charge in [-0.25, -0.2) is 4.98 Å². The van der Waals surface area contributed by atoms with E-state index in [1.165, 1.54) is 23.4 Å². The Hall–Kier alpha value is -0.870. The van der Waals surface area contributed by atoms with Gasteiger partial charge in [0, 0.05) is 34.0 Å². The van der Waals surface area contributed by atoms with Crippen molar-refractivity contribution in [2.24, 2.45) is 0 Å². The van der Waals surface area contributed by atoms with Crippen molar-refractivity contribution in [3.63, 3.8) is 0 Å². The van der Waals surface area contributed by atoms with Gasteiger partial charge in [-0.2, -0.15) is 12.6 Å². The van der Waals surface area contributed by atoms with Crippen LogP contribution >= 0.6 is 24.0 Å². The highest BCUT2D eigenvalue weighted by Gasteiger charge is 2.30. The molecule has 0 saturated heterocycles. The molecule has 1 unspecified atom stereocenters. The highest BCUT2D eigenvalue weighted by atomic mass is 32.1. The summed E-state index contributed by atoms with van der Waals surface area (Å²) in [5.41, 5.74) is 2.39. The van der Waals surface area contributed by atoms with Crippen molar-refractivity contribution in [2.45, 2.75) is 30.9 Å². The molecule has 88 valence electrons. The second-order valence-electron chi connectivity index (χ2n) is 4.46. The van der Waals surface area contributed by atoms with Crippen LogP contribution in [0.2, 0.25) is 0 Å². The fraction of sp³-hybridized carbons (Fsp3) is 0.385. The molecule has 0 N–H and O–H groups in total. The van der Waals surface area contributed by atoms with Gasteiger partial charge in [-0.3, -0.25) is 4.98 Å². The van der Waals surface area contributed by atoms with Gasteiger partial charge in [0.2, 0.25) is 0 Å². The average Bonchev–Trinajstić information content (AvgIpc) is 3.09. The molecule has 1 aliphatic rings. The van der Waals surface area contributed by atoms with Gasteiger partial charge in [0.25, 0.3) is 0 Å². The minimum absolute atomic E-state index is 0.272. The van der Waals surface area contributed by atoms with Crippen molar-refractivity contribution in [1.29, 1.82) is 0 Å². The molecule has 2 nitrogen and oxygen atoms in total. The molecule has 2 heterocycles. The summed E-state index contributed by atoms with van der Waals surface area (Å²) in [6.07, 6.45) is 6.23. The lowest BCUT2D eigenvalue weighted by Crippen LogP contribution is -1.88. The van der Waals surface area contributed by atoms with Gasteiger partial charge >= 0.3 is 0 Å². The fourth-order valence-corrected chi connectivity index (χ4v) is 3.27. The van der Waals surface area contributed by atoms with Crippen molar-refractivity contribution in [3.05, 3.63) is 35.1 Å². The van der Waals surface area contributed by atoms with E-state index < -0.39 is 0 Å². The summed E-state index contributed by atoms with van der Waals surface area (Å²) in [5, 5.41) is 1.35. The maximum absolute atomic E-state index is 4.79. The Morgan fingerprint density at radius 2 is 2.29 bits per heavy atom. The summed E-state index contributed by atoms with van der Waals surface area (Å²) in [6.45, 7) is 2.12. The van der Waals surface area contributed by atoms with E-state index in [-0.39, 0.29) is 5.25 Å². The monoisotopic (exact) mass is 262 g/mol. The zero-order valence-electron chi connectivity index (χ0n) is 9.63. The largest absolute Gasteiger partial charge is 0.264 e. The van der Waals surface area contributed by atoms with E-state index in [1.807, 2.05) is 12.3 Å². The van der Waals surface area contributed by atoms with Crippen molar-refractivity contribution >= 4 is 24.0 Å². The van der Waals surface area contributed by atoms with Crippen LogP contribution in [-0.4, -0.2) is 9.97 Å². The lowest BCUT2D eigenvalue weighted by atomic mass is 10.2. The topological polar surface area (TPSA) is 25.8 Å². The first kappa shape index (κ1) is 11.2. The van der Waals surface area contributed by atoms with Crippen molar-refractivity contribution < 1.29 is 0 Å². The molecule has 1 atom stereocenters. The SMILES string of the molecule is CC(S)c1sc(-c2cccnc2)nc1C1CC1. The molecule has 1 fully saturated rings. The number of thiol groups is 1. The molecular weight excluding hydrogens is 248 g/mol. The Bertz CT molecular complexity index is 496. The van der Waals surface area contributed by atoms with Crippen LogP contribution in [0.3, 0.4) is 0 Å². The van der Waals surface area contributed by atoms with Crippen LogP contribution in [0.25, 0.3) is 10.6 Å². The number of thiazole rings is 1. The molecular formula is C13H14N2S2. The maximum atomic E-state index is 4.79. The van der Waals surface area contributed by atoms with Crippen molar-refractivity contribution in [1.82, 2.24) is 9.97 Å². The number of hydrogen-bond acceptors (Lipinski definition) is 4. The Labute approximate surface area is 111 Å². The predicted octanol–water partition coefficient (Wildman–Crippen LogP) is 4.07. The summed E-state index contributed by atoms with van der Waals surface area (Å²) in [6, 6.07) is 4.02. The Morgan fingerprint density at radius 1 is 1.47 bits per heavy atom. The Morgan fingerprint density at radius 3 is 2.88 bits per heavy atom. The minimum atomic E-state index is 0.272. The summed E-state index contributed by atoms with van der Waals surface area (Å²) >= 11 is 6.32. The van der Waals surface area contributed by atoms with Crippen LogP contribution < -0.4 is 0 Å². The Balaban J connectivity index is 2.04. The van der Waals surface area contributed by atoms with Gasteiger partial charge in [0.1, 0.15) is 5.01 Å². The number of rotatable bonds is 3. The third-order valence-electron chi connectivity index (χ3n) is 2.93. The van der Waals surface area contributed by atoms with Crippen LogP contribution in [0.15, 0.2) is 24.5 Å². The van der Waals surface area contributed by atoms with Crippen LogP contribution in [0, 0.1) is 0 Å². The van der Waals surface area contributed by atoms with Crippen molar-refractivity contribution in [2.75, 3.05) is 0 Å². The average molecular weight is 262 g/mol. The highest BCUT2D eigenvalue weighted by molar-refractivity contribution is 7.80. The van der Waals surface area contributed by atoms with Gasteiger partial charge < -0.3 is 0 Å². The van der Waals surface area contributed by atoms with Gasteiger partial charge in [-0.05, 0) is 31.9 Å². The van der Waals surface area contributed by atoms with Crippen LogP contribution in [-0.2, 0) is 0 Å². The number of hydrogen-bond donors (Lipinski definition) is 1. The summed E-state index contributed by atoms with van der Waals surface area (Å²) in [5.74, 6) is 0.682. The number of aromatic nitrogens is 2. The summed E-state index contributed by atoms with van der Waals surface area (Å²) in [7, 11) is 0. The van der Waals surface area contributed by atoms with Crippen molar-refractivity contribution in [3.8, 4) is 10.6 Å². The molecule has 0 aliphatic heterocycles. The van der Waals surface area contributed by atoms with E-state index in [0.29, 0.717) is 5.92 Å². The molecule has 0 amide bonds. The normalized spacial score (nSPS) is 17.1. The van der Waals surface area contributed by atoms with E-state index in [4.69, 9.17) is 4.98 Å². The summed E-state index contributed by atoms with van der Waals surface area (Å²) < 4.78 is 0. The molecule has 2 aromatic heterocycles. The van der Waals surface area contributed by atoms with E-state index in [0.717, 1.165) is 10.6 Å². The quantitative estimate of drug-likeness (QED) is 0.844. The van der Waals surface area contributed by atoms with E-state index >= 15 is 0 Å². The zero-order valence-corrected chi connectivity index (χ0v) is 11.3. The Kier molecular flexibility index (Phi) is 2.92. The molecule has 0 radical (unpaired) electrons. The predicted molar refractivity (Wildman–Crippen MR) is 74.7 cm³/mol. The third kappa shape index (κ3) is 2.24. The smallest absolute Gasteiger partial charge is 0.125 e. The first-order valence-electron chi connectivity index (χ1n) is 5.85. The third-order valence-corrected chi connectivity index (χ3v) is 4.67. The molecule has 1 saturated carbocycles. The molecule has 3 rings (SSSR count). The second-order valence-corrected chi connectivity index (χ2v) is 6.27. The van der Waals surface area contributed by atoms with Crippen LogP contribution in [0.5, 0.6) is 0 Å². The molecule has 2 aromatic rings. The van der Waals surface area contributed by atoms with Crippen LogP contribution in [0.4, 0.5) is 0 Å². The number of pyridine rings is 1. The van der Waals surface area contributed by atoms with E-state index in [2.05, 4.69) is 30.6 Å². The van der Waals surface area contributed by atoms with Gasteiger partial charge in [-0.15, -0.1) is 11.3 Å². The van der Waals surface area contributed by atoms with Gasteiger partial charge in [-0.1, -0.05) is 0 Å². The zero-order chi connectivity index (χ0) is 11.8. The van der Waals surface area contributed by atoms with Gasteiger partial charge in [0.05, 0.1) is 5.69 Å².